The average Bonchev–Trinajstić information content (AvgIpc) is 3.15. The summed E-state index contributed by atoms with van der Waals surface area (Å²) in [6.45, 7) is 1.00. The van der Waals surface area contributed by atoms with E-state index in [0.29, 0.717) is 18.3 Å². The van der Waals surface area contributed by atoms with Gasteiger partial charge < -0.3 is 29.2 Å². The van der Waals surface area contributed by atoms with E-state index in [1.54, 1.807) is 14.2 Å². The number of carbonyl (C=O) groups is 2. The molecule has 0 aromatic heterocycles. The normalized spacial score (nSPS) is 22.6. The van der Waals surface area contributed by atoms with Crippen molar-refractivity contribution in [3.8, 4) is 17.2 Å². The summed E-state index contributed by atoms with van der Waals surface area (Å²) in [6.07, 6.45) is 10.0. The summed E-state index contributed by atoms with van der Waals surface area (Å²) in [5.74, 6) is 3.15. The van der Waals surface area contributed by atoms with Gasteiger partial charge in [-0.15, -0.1) is 0 Å². The van der Waals surface area contributed by atoms with Crippen LogP contribution in [-0.4, -0.2) is 70.4 Å². The van der Waals surface area contributed by atoms with Crippen molar-refractivity contribution in [1.29, 1.82) is 0 Å². The third kappa shape index (κ3) is 8.89. The Balaban J connectivity index is 1.02. The topological polar surface area (TPSA) is 86.3 Å². The molecule has 3 aliphatic rings. The van der Waals surface area contributed by atoms with Crippen LogP contribution in [0.25, 0.3) is 0 Å². The first-order valence-corrected chi connectivity index (χ1v) is 18.9. The second-order valence-electron chi connectivity index (χ2n) is 15.1. The van der Waals surface area contributed by atoms with Crippen LogP contribution in [0.4, 0.5) is 0 Å². The van der Waals surface area contributed by atoms with E-state index in [1.165, 1.54) is 42.4 Å². The smallest absolute Gasteiger partial charge is 0.306 e. The predicted octanol–water partition coefficient (Wildman–Crippen LogP) is 7.09. The minimum absolute atomic E-state index is 0.0504. The van der Waals surface area contributed by atoms with Crippen molar-refractivity contribution in [2.75, 3.05) is 41.5 Å². The summed E-state index contributed by atoms with van der Waals surface area (Å²) in [6, 6.07) is 22.9. The van der Waals surface area contributed by atoms with Crippen LogP contribution < -0.4 is 19.5 Å². The molecule has 2 bridgehead atoms. The van der Waals surface area contributed by atoms with Crippen molar-refractivity contribution in [2.45, 2.75) is 94.6 Å². The molecule has 0 aliphatic heterocycles. The second-order valence-corrected chi connectivity index (χ2v) is 15.1. The number of amides is 1. The van der Waals surface area contributed by atoms with Crippen molar-refractivity contribution < 1.29 is 28.5 Å². The maximum absolute atomic E-state index is 13.3. The Bertz CT molecular complexity index is 1640. The summed E-state index contributed by atoms with van der Waals surface area (Å²) in [7, 11) is 7.43. The van der Waals surface area contributed by atoms with Gasteiger partial charge in [0.1, 0.15) is 30.0 Å². The number of benzene rings is 3. The average molecular weight is 697 g/mol. The lowest BCUT2D eigenvalue weighted by Gasteiger charge is -2.58. The molecule has 3 aromatic carbocycles. The molecule has 5 atom stereocenters. The van der Waals surface area contributed by atoms with Gasteiger partial charge in [-0.3, -0.25) is 9.59 Å². The molecular weight excluding hydrogens is 640 g/mol. The number of fused-ring (bicyclic) bond motifs is 1. The highest BCUT2D eigenvalue weighted by Crippen LogP contribution is 2.59. The number of nitrogens with zero attached hydrogens (tertiary/aromatic N) is 1. The first-order valence-electron chi connectivity index (χ1n) is 18.9. The van der Waals surface area contributed by atoms with Gasteiger partial charge in [0.2, 0.25) is 5.91 Å². The maximum atomic E-state index is 13.3. The Kier molecular flexibility index (Phi) is 12.2. The van der Waals surface area contributed by atoms with Gasteiger partial charge in [-0.25, -0.2) is 0 Å². The third-order valence-corrected chi connectivity index (χ3v) is 11.7. The number of hydrogen-bond acceptors (Lipinski definition) is 7. The van der Waals surface area contributed by atoms with E-state index in [1.807, 2.05) is 44.4 Å². The van der Waals surface area contributed by atoms with Crippen LogP contribution in [-0.2, 0) is 39.0 Å². The van der Waals surface area contributed by atoms with Crippen LogP contribution in [0.15, 0.2) is 66.7 Å². The number of para-hydroxylation sites is 1. The molecule has 8 nitrogen and oxygen atoms in total. The minimum Gasteiger partial charge on any atom is -0.497 e. The van der Waals surface area contributed by atoms with E-state index in [-0.39, 0.29) is 42.8 Å². The fraction of sp³-hybridized carbons (Fsp3) is 0.535. The van der Waals surface area contributed by atoms with Crippen LogP contribution >= 0.6 is 0 Å². The molecule has 51 heavy (non-hydrogen) atoms. The summed E-state index contributed by atoms with van der Waals surface area (Å²) < 4.78 is 23.3. The SMILES string of the molecule is COc1cccc(CCc2ccccc2OC[C@H](CCN(C)C)OC(=O)CCC(=O)NC2CC[C@@]34CCCC[C@@H]3[C@@H]2Cc2ccc(OC)cc24)c1. The van der Waals surface area contributed by atoms with Gasteiger partial charge >= 0.3 is 5.97 Å². The summed E-state index contributed by atoms with van der Waals surface area (Å²) in [5, 5.41) is 3.38. The Morgan fingerprint density at radius 3 is 2.55 bits per heavy atom. The van der Waals surface area contributed by atoms with Gasteiger partial charge in [-0.1, -0.05) is 49.2 Å². The maximum Gasteiger partial charge on any atom is 0.306 e. The van der Waals surface area contributed by atoms with Crippen molar-refractivity contribution in [2.24, 2.45) is 11.8 Å². The van der Waals surface area contributed by atoms with Gasteiger partial charge in [0.05, 0.1) is 20.6 Å². The number of carbonyl (C=O) groups excluding carboxylic acids is 2. The standard InChI is InChI=1S/C43H56N2O6/c1-45(2)25-22-35(29-50-40-14-6-5-11-31(40)16-15-30-10-9-12-33(26-30)48-3)51-42(47)20-19-41(46)44-39-21-24-43-23-8-7-13-37(43)36(39)27-32-17-18-34(49-4)28-38(32)43/h5-6,9-12,14,17-18,26,28,35-37,39H,7-8,13,15-16,19-25,27,29H2,1-4H3,(H,44,46)/t35-,36-,37+,39?,43-/m0/s1. The molecule has 8 heteroatoms. The highest BCUT2D eigenvalue weighted by atomic mass is 16.6. The number of methoxy groups -OCH3 is 2. The van der Waals surface area contributed by atoms with E-state index < -0.39 is 6.10 Å². The van der Waals surface area contributed by atoms with Crippen molar-refractivity contribution >= 4 is 11.9 Å². The molecule has 0 heterocycles. The summed E-state index contributed by atoms with van der Waals surface area (Å²) >= 11 is 0. The Morgan fingerprint density at radius 1 is 0.902 bits per heavy atom. The molecular formula is C43H56N2O6. The van der Waals surface area contributed by atoms with Gasteiger partial charge in [0, 0.05) is 25.4 Å². The number of esters is 1. The first kappa shape index (κ1) is 36.7. The zero-order valence-corrected chi connectivity index (χ0v) is 31.0. The van der Waals surface area contributed by atoms with Crippen molar-refractivity contribution in [1.82, 2.24) is 10.2 Å². The summed E-state index contributed by atoms with van der Waals surface area (Å²) in [4.78, 5) is 28.6. The molecule has 0 spiro atoms. The lowest BCUT2D eigenvalue weighted by Crippen LogP contribution is -2.58. The molecule has 1 unspecified atom stereocenters. The number of aryl methyl sites for hydroxylation is 2. The monoisotopic (exact) mass is 696 g/mol. The molecule has 0 radical (unpaired) electrons. The predicted molar refractivity (Wildman–Crippen MR) is 200 cm³/mol. The highest BCUT2D eigenvalue weighted by Gasteiger charge is 2.54. The molecule has 1 N–H and O–H groups in total. The third-order valence-electron chi connectivity index (χ3n) is 11.7. The molecule has 6 rings (SSSR count). The van der Waals surface area contributed by atoms with E-state index >= 15 is 0 Å². The van der Waals surface area contributed by atoms with Gasteiger partial charge in [0.25, 0.3) is 0 Å². The number of nitrogens with one attached hydrogen (secondary N) is 1. The van der Waals surface area contributed by atoms with Crippen LogP contribution in [0, 0.1) is 11.8 Å². The van der Waals surface area contributed by atoms with E-state index in [0.717, 1.165) is 61.5 Å². The fourth-order valence-electron chi connectivity index (χ4n) is 9.08. The molecule has 3 aromatic rings. The Hall–Kier alpha value is -4.04. The van der Waals surface area contributed by atoms with E-state index in [9.17, 15) is 9.59 Å². The quantitative estimate of drug-likeness (QED) is 0.160. The zero-order valence-electron chi connectivity index (χ0n) is 31.0. The van der Waals surface area contributed by atoms with Crippen LogP contribution in [0.1, 0.15) is 80.0 Å². The van der Waals surface area contributed by atoms with Crippen LogP contribution in [0.5, 0.6) is 17.2 Å². The van der Waals surface area contributed by atoms with Gasteiger partial charge in [-0.2, -0.15) is 0 Å². The van der Waals surface area contributed by atoms with Crippen LogP contribution in [0.3, 0.4) is 0 Å². The highest BCUT2D eigenvalue weighted by molar-refractivity contribution is 5.81. The lowest BCUT2D eigenvalue weighted by molar-refractivity contribution is -0.152. The zero-order chi connectivity index (χ0) is 35.8. The molecule has 3 aliphatic carbocycles. The van der Waals surface area contributed by atoms with E-state index in [4.69, 9.17) is 18.9 Å². The van der Waals surface area contributed by atoms with Gasteiger partial charge in [0.15, 0.2) is 0 Å². The first-order chi connectivity index (χ1) is 24.8. The number of rotatable bonds is 16. The largest absolute Gasteiger partial charge is 0.497 e. The van der Waals surface area contributed by atoms with E-state index in [2.05, 4.69) is 46.6 Å². The molecule has 1 amide bonds. The number of hydrogen-bond donors (Lipinski definition) is 1. The Morgan fingerprint density at radius 2 is 1.73 bits per heavy atom. The lowest BCUT2D eigenvalue weighted by atomic mass is 9.48. The van der Waals surface area contributed by atoms with Crippen molar-refractivity contribution in [3.63, 3.8) is 0 Å². The van der Waals surface area contributed by atoms with Crippen molar-refractivity contribution in [3.05, 3.63) is 89.0 Å². The molecule has 2 saturated carbocycles. The fourth-order valence-corrected chi connectivity index (χ4v) is 9.08. The summed E-state index contributed by atoms with van der Waals surface area (Å²) in [5.41, 5.74) is 5.38. The Labute approximate surface area is 304 Å². The molecule has 274 valence electrons. The van der Waals surface area contributed by atoms with Crippen LogP contribution in [0.2, 0.25) is 0 Å². The number of ether oxygens (including phenoxy) is 4. The minimum atomic E-state index is -0.423. The van der Waals surface area contributed by atoms with Gasteiger partial charge in [-0.05, 0) is 129 Å². The molecule has 0 saturated heterocycles. The molecule has 2 fully saturated rings. The second kappa shape index (κ2) is 17.0.